The van der Waals surface area contributed by atoms with Gasteiger partial charge >= 0.3 is 0 Å². The molecule has 0 rings (SSSR count). The van der Waals surface area contributed by atoms with Gasteiger partial charge in [-0.05, 0) is 26.3 Å². The molecule has 0 fully saturated rings. The summed E-state index contributed by atoms with van der Waals surface area (Å²) in [6.07, 6.45) is 3.19. The van der Waals surface area contributed by atoms with Gasteiger partial charge in [0.05, 0.1) is 19.0 Å². The standard InChI is InChI=1S/C9H18O2/c1-5-6-11-9(3)7-8(2)10-4/h7,9H,5-6H2,1-4H3. The molecule has 0 saturated heterocycles. The van der Waals surface area contributed by atoms with Gasteiger partial charge in [0.2, 0.25) is 0 Å². The van der Waals surface area contributed by atoms with Crippen LogP contribution < -0.4 is 0 Å². The highest BCUT2D eigenvalue weighted by molar-refractivity contribution is 4.92. The van der Waals surface area contributed by atoms with Crippen molar-refractivity contribution >= 4 is 0 Å². The summed E-state index contributed by atoms with van der Waals surface area (Å²) in [5.74, 6) is 0.911. The lowest BCUT2D eigenvalue weighted by Gasteiger charge is -2.08. The summed E-state index contributed by atoms with van der Waals surface area (Å²) in [6.45, 7) is 6.85. The molecule has 0 aromatic carbocycles. The third kappa shape index (κ3) is 5.92. The van der Waals surface area contributed by atoms with Crippen molar-refractivity contribution in [3.05, 3.63) is 11.8 Å². The molecule has 0 heterocycles. The molecule has 0 N–H and O–H groups in total. The van der Waals surface area contributed by atoms with Gasteiger partial charge < -0.3 is 9.47 Å². The molecule has 2 nitrogen and oxygen atoms in total. The van der Waals surface area contributed by atoms with E-state index >= 15 is 0 Å². The van der Waals surface area contributed by atoms with E-state index in [1.807, 2.05) is 19.9 Å². The largest absolute Gasteiger partial charge is 0.502 e. The summed E-state index contributed by atoms with van der Waals surface area (Å²) in [7, 11) is 1.67. The number of ether oxygens (including phenoxy) is 2. The van der Waals surface area contributed by atoms with Crippen LogP contribution in [0.3, 0.4) is 0 Å². The molecule has 1 atom stereocenters. The summed E-state index contributed by atoms with van der Waals surface area (Å²) < 4.78 is 10.4. The summed E-state index contributed by atoms with van der Waals surface area (Å²) in [4.78, 5) is 0. The van der Waals surface area contributed by atoms with E-state index in [0.29, 0.717) is 0 Å². The minimum Gasteiger partial charge on any atom is -0.502 e. The lowest BCUT2D eigenvalue weighted by atomic mass is 10.3. The first-order valence-corrected chi connectivity index (χ1v) is 4.04. The zero-order valence-corrected chi connectivity index (χ0v) is 7.89. The lowest BCUT2D eigenvalue weighted by Crippen LogP contribution is -2.06. The van der Waals surface area contributed by atoms with E-state index in [9.17, 15) is 0 Å². The first kappa shape index (κ1) is 10.5. The van der Waals surface area contributed by atoms with Gasteiger partial charge in [-0.2, -0.15) is 0 Å². The predicted octanol–water partition coefficient (Wildman–Crippen LogP) is 2.35. The second-order valence-electron chi connectivity index (χ2n) is 2.56. The van der Waals surface area contributed by atoms with Crippen molar-refractivity contribution in [2.75, 3.05) is 13.7 Å². The van der Waals surface area contributed by atoms with Gasteiger partial charge in [-0.15, -0.1) is 0 Å². The highest BCUT2D eigenvalue weighted by Crippen LogP contribution is 2.00. The van der Waals surface area contributed by atoms with Gasteiger partial charge in [-0.1, -0.05) is 6.92 Å². The van der Waals surface area contributed by atoms with Crippen LogP contribution in [-0.2, 0) is 9.47 Å². The number of hydrogen-bond acceptors (Lipinski definition) is 2. The number of hydrogen-bond donors (Lipinski definition) is 0. The van der Waals surface area contributed by atoms with Crippen molar-refractivity contribution in [1.29, 1.82) is 0 Å². The second kappa shape index (κ2) is 6.23. The third-order valence-corrected chi connectivity index (χ3v) is 1.38. The molecule has 0 spiro atoms. The molecule has 0 aliphatic carbocycles. The van der Waals surface area contributed by atoms with E-state index in [1.54, 1.807) is 7.11 Å². The molecule has 0 aromatic rings. The maximum Gasteiger partial charge on any atom is 0.0910 e. The Morgan fingerprint density at radius 3 is 2.64 bits per heavy atom. The van der Waals surface area contributed by atoms with Crippen LogP contribution in [0.2, 0.25) is 0 Å². The monoisotopic (exact) mass is 158 g/mol. The van der Waals surface area contributed by atoms with Crippen LogP contribution in [0.5, 0.6) is 0 Å². The van der Waals surface area contributed by atoms with Crippen molar-refractivity contribution in [2.24, 2.45) is 0 Å². The minimum atomic E-state index is 0.162. The first-order valence-electron chi connectivity index (χ1n) is 4.04. The molecular weight excluding hydrogens is 140 g/mol. The molecule has 0 bridgehead atoms. The van der Waals surface area contributed by atoms with Crippen molar-refractivity contribution in [3.63, 3.8) is 0 Å². The summed E-state index contributed by atoms with van der Waals surface area (Å²) in [5.41, 5.74) is 0. The van der Waals surface area contributed by atoms with Gasteiger partial charge in [0.15, 0.2) is 0 Å². The Morgan fingerprint density at radius 1 is 1.55 bits per heavy atom. The Morgan fingerprint density at radius 2 is 2.18 bits per heavy atom. The molecular formula is C9H18O2. The van der Waals surface area contributed by atoms with E-state index in [-0.39, 0.29) is 6.10 Å². The van der Waals surface area contributed by atoms with E-state index < -0.39 is 0 Å². The third-order valence-electron chi connectivity index (χ3n) is 1.38. The average Bonchev–Trinajstić information content (AvgIpc) is 2.00. The Labute approximate surface area is 69.2 Å². The second-order valence-corrected chi connectivity index (χ2v) is 2.56. The van der Waals surface area contributed by atoms with E-state index in [2.05, 4.69) is 6.92 Å². The number of methoxy groups -OCH3 is 1. The Hall–Kier alpha value is -0.500. The maximum atomic E-state index is 5.41. The van der Waals surface area contributed by atoms with Crippen molar-refractivity contribution in [3.8, 4) is 0 Å². The molecule has 0 saturated carbocycles. The normalized spacial score (nSPS) is 14.7. The van der Waals surface area contributed by atoms with Crippen LogP contribution in [0, 0.1) is 0 Å². The molecule has 0 aliphatic rings. The zero-order valence-electron chi connectivity index (χ0n) is 7.89. The van der Waals surface area contributed by atoms with E-state index in [0.717, 1.165) is 18.8 Å². The summed E-state index contributed by atoms with van der Waals surface area (Å²) in [5, 5.41) is 0. The topological polar surface area (TPSA) is 18.5 Å². The van der Waals surface area contributed by atoms with E-state index in [1.165, 1.54) is 0 Å². The molecule has 0 radical (unpaired) electrons. The van der Waals surface area contributed by atoms with Crippen LogP contribution in [-0.4, -0.2) is 19.8 Å². The van der Waals surface area contributed by atoms with Crippen molar-refractivity contribution in [1.82, 2.24) is 0 Å². The SMILES string of the molecule is CCCOC(C)C=C(C)OC. The minimum absolute atomic E-state index is 0.162. The Bertz CT molecular complexity index is 119. The zero-order chi connectivity index (χ0) is 8.69. The Kier molecular flexibility index (Phi) is 5.94. The lowest BCUT2D eigenvalue weighted by molar-refractivity contribution is 0.0947. The van der Waals surface area contributed by atoms with Gasteiger partial charge in [0, 0.05) is 6.61 Å². The average molecular weight is 158 g/mol. The Balaban J connectivity index is 3.57. The molecule has 0 amide bonds. The maximum absolute atomic E-state index is 5.41. The number of allylic oxidation sites excluding steroid dienone is 1. The van der Waals surface area contributed by atoms with Crippen LogP contribution >= 0.6 is 0 Å². The van der Waals surface area contributed by atoms with Gasteiger partial charge in [0.25, 0.3) is 0 Å². The molecule has 2 heteroatoms. The fourth-order valence-electron chi connectivity index (χ4n) is 0.750. The fraction of sp³-hybridized carbons (Fsp3) is 0.778. The fourth-order valence-corrected chi connectivity index (χ4v) is 0.750. The van der Waals surface area contributed by atoms with Crippen LogP contribution in [0.4, 0.5) is 0 Å². The van der Waals surface area contributed by atoms with Gasteiger partial charge in [0.1, 0.15) is 0 Å². The summed E-state index contributed by atoms with van der Waals surface area (Å²) >= 11 is 0. The van der Waals surface area contributed by atoms with Crippen LogP contribution in [0.1, 0.15) is 27.2 Å². The van der Waals surface area contributed by atoms with Crippen molar-refractivity contribution < 1.29 is 9.47 Å². The highest BCUT2D eigenvalue weighted by atomic mass is 16.5. The highest BCUT2D eigenvalue weighted by Gasteiger charge is 1.96. The molecule has 11 heavy (non-hydrogen) atoms. The van der Waals surface area contributed by atoms with Crippen LogP contribution in [0.25, 0.3) is 0 Å². The molecule has 66 valence electrons. The smallest absolute Gasteiger partial charge is 0.0910 e. The van der Waals surface area contributed by atoms with Gasteiger partial charge in [-0.25, -0.2) is 0 Å². The summed E-state index contributed by atoms with van der Waals surface area (Å²) in [6, 6.07) is 0. The van der Waals surface area contributed by atoms with Crippen LogP contribution in [0.15, 0.2) is 11.8 Å². The first-order chi connectivity index (χ1) is 5.20. The van der Waals surface area contributed by atoms with Crippen molar-refractivity contribution in [2.45, 2.75) is 33.3 Å². The molecule has 0 aromatic heterocycles. The number of rotatable bonds is 5. The quantitative estimate of drug-likeness (QED) is 0.572. The molecule has 1 unspecified atom stereocenters. The van der Waals surface area contributed by atoms with E-state index in [4.69, 9.17) is 9.47 Å². The van der Waals surface area contributed by atoms with Gasteiger partial charge in [-0.3, -0.25) is 0 Å². The molecule has 0 aliphatic heterocycles. The predicted molar refractivity (Wildman–Crippen MR) is 46.5 cm³/mol.